The van der Waals surface area contributed by atoms with Gasteiger partial charge in [0.2, 0.25) is 0 Å². The molecule has 0 unspecified atom stereocenters. The maximum Gasteiger partial charge on any atom is 0.154 e. The Labute approximate surface area is 59.1 Å². The Morgan fingerprint density at radius 3 is 3.30 bits per heavy atom. The summed E-state index contributed by atoms with van der Waals surface area (Å²) in [5.41, 5.74) is 2.02. The molecule has 2 rings (SSSR count). The monoisotopic (exact) mass is 131 g/mol. The Hall–Kier alpha value is -1.32. The molecule has 0 amide bonds. The van der Waals surface area contributed by atoms with Crippen LogP contribution in [0.1, 0.15) is 0 Å². The molecule has 0 fully saturated rings. The first-order chi connectivity index (χ1) is 4.86. The van der Waals surface area contributed by atoms with Crippen LogP contribution in [0.4, 0.5) is 0 Å². The fraction of sp³-hybridized carbons (Fsp3) is 0. The maximum atomic E-state index is 4.14. The van der Waals surface area contributed by atoms with E-state index in [1.54, 1.807) is 10.7 Å². The highest BCUT2D eigenvalue weighted by molar-refractivity contribution is 6.31. The molecule has 0 aromatic carbocycles. The van der Waals surface area contributed by atoms with E-state index in [0.717, 1.165) is 11.1 Å². The number of fused-ring (bicyclic) bond motifs is 1. The number of aromatic nitrogens is 3. The fourth-order valence-corrected chi connectivity index (χ4v) is 0.903. The average molecular weight is 131 g/mol. The Morgan fingerprint density at radius 2 is 2.40 bits per heavy atom. The second kappa shape index (κ2) is 1.83. The summed E-state index contributed by atoms with van der Waals surface area (Å²) in [6.07, 6.45) is 5.52. The standard InChI is InChI=1S/C6H6BN3/c7-5-3-8-6-1-2-9-10(6)4-5/h1-4H,7H2. The predicted molar refractivity (Wildman–Crippen MR) is 41.2 cm³/mol. The summed E-state index contributed by atoms with van der Waals surface area (Å²) in [6, 6.07) is 1.87. The second-order valence-electron chi connectivity index (χ2n) is 2.27. The van der Waals surface area contributed by atoms with Crippen molar-refractivity contribution in [1.29, 1.82) is 0 Å². The van der Waals surface area contributed by atoms with Gasteiger partial charge >= 0.3 is 0 Å². The molecule has 0 aliphatic rings. The van der Waals surface area contributed by atoms with E-state index in [1.165, 1.54) is 0 Å². The van der Waals surface area contributed by atoms with Crippen molar-refractivity contribution in [2.45, 2.75) is 0 Å². The van der Waals surface area contributed by atoms with Gasteiger partial charge in [-0.1, -0.05) is 5.46 Å². The van der Waals surface area contributed by atoms with E-state index in [-0.39, 0.29) is 0 Å². The molecule has 48 valence electrons. The SMILES string of the molecule is Bc1cnc2ccnn2c1. The van der Waals surface area contributed by atoms with Gasteiger partial charge in [-0.05, 0) is 0 Å². The van der Waals surface area contributed by atoms with Crippen LogP contribution in [0.5, 0.6) is 0 Å². The first kappa shape index (κ1) is 5.47. The van der Waals surface area contributed by atoms with Crippen LogP contribution >= 0.6 is 0 Å². The van der Waals surface area contributed by atoms with Gasteiger partial charge in [0.1, 0.15) is 7.85 Å². The third-order valence-electron chi connectivity index (χ3n) is 1.38. The molecule has 10 heavy (non-hydrogen) atoms. The summed E-state index contributed by atoms with van der Waals surface area (Å²) in [7, 11) is 1.99. The molecule has 0 radical (unpaired) electrons. The molecule has 2 aromatic rings. The molecular weight excluding hydrogens is 125 g/mol. The normalized spacial score (nSPS) is 10.4. The van der Waals surface area contributed by atoms with E-state index < -0.39 is 0 Å². The minimum Gasteiger partial charge on any atom is -0.238 e. The first-order valence-electron chi connectivity index (χ1n) is 3.12. The highest BCUT2D eigenvalue weighted by Gasteiger charge is 1.91. The zero-order valence-electron chi connectivity index (χ0n) is 5.65. The molecular formula is C6H6BN3. The molecule has 0 spiro atoms. The van der Waals surface area contributed by atoms with Gasteiger partial charge in [-0.3, -0.25) is 0 Å². The number of hydrogen-bond acceptors (Lipinski definition) is 2. The van der Waals surface area contributed by atoms with Crippen LogP contribution in [-0.2, 0) is 0 Å². The van der Waals surface area contributed by atoms with Crippen LogP contribution in [0.2, 0.25) is 0 Å². The van der Waals surface area contributed by atoms with Crippen molar-refractivity contribution in [2.24, 2.45) is 0 Å². The quantitative estimate of drug-likeness (QED) is 0.428. The smallest absolute Gasteiger partial charge is 0.154 e. The predicted octanol–water partition coefficient (Wildman–Crippen LogP) is -1.01. The molecule has 0 saturated heterocycles. The first-order valence-corrected chi connectivity index (χ1v) is 3.12. The van der Waals surface area contributed by atoms with E-state index >= 15 is 0 Å². The summed E-state index contributed by atoms with van der Waals surface area (Å²) in [5.74, 6) is 0. The third-order valence-corrected chi connectivity index (χ3v) is 1.38. The van der Waals surface area contributed by atoms with Crippen molar-refractivity contribution in [1.82, 2.24) is 14.6 Å². The van der Waals surface area contributed by atoms with Gasteiger partial charge in [0.15, 0.2) is 5.65 Å². The van der Waals surface area contributed by atoms with E-state index in [2.05, 4.69) is 10.1 Å². The average Bonchev–Trinajstić information content (AvgIpc) is 2.33. The molecule has 4 heteroatoms. The van der Waals surface area contributed by atoms with Crippen LogP contribution < -0.4 is 5.46 Å². The second-order valence-corrected chi connectivity index (χ2v) is 2.27. The lowest BCUT2D eigenvalue weighted by molar-refractivity contribution is 0.946. The largest absolute Gasteiger partial charge is 0.238 e. The molecule has 0 aliphatic heterocycles. The van der Waals surface area contributed by atoms with Crippen molar-refractivity contribution in [3.8, 4) is 0 Å². The van der Waals surface area contributed by atoms with Gasteiger partial charge in [-0.2, -0.15) is 5.10 Å². The van der Waals surface area contributed by atoms with Gasteiger partial charge in [0.25, 0.3) is 0 Å². The highest BCUT2D eigenvalue weighted by atomic mass is 15.2. The summed E-state index contributed by atoms with van der Waals surface area (Å²) < 4.78 is 1.76. The van der Waals surface area contributed by atoms with Gasteiger partial charge in [-0.15, -0.1) is 0 Å². The molecule has 0 atom stereocenters. The summed E-state index contributed by atoms with van der Waals surface area (Å²) in [6.45, 7) is 0. The lowest BCUT2D eigenvalue weighted by atomic mass is 10.0. The van der Waals surface area contributed by atoms with Crippen LogP contribution in [0, 0.1) is 0 Å². The van der Waals surface area contributed by atoms with Gasteiger partial charge in [0, 0.05) is 18.5 Å². The van der Waals surface area contributed by atoms with Crippen molar-refractivity contribution in [3.63, 3.8) is 0 Å². The van der Waals surface area contributed by atoms with Crippen LogP contribution in [0.25, 0.3) is 5.65 Å². The summed E-state index contributed by atoms with van der Waals surface area (Å²) in [5, 5.41) is 4.03. The Morgan fingerprint density at radius 1 is 1.50 bits per heavy atom. The third kappa shape index (κ3) is 0.691. The molecule has 3 nitrogen and oxygen atoms in total. The number of rotatable bonds is 0. The summed E-state index contributed by atoms with van der Waals surface area (Å²) >= 11 is 0. The van der Waals surface area contributed by atoms with Crippen LogP contribution in [0.15, 0.2) is 24.7 Å². The van der Waals surface area contributed by atoms with Gasteiger partial charge in [-0.25, -0.2) is 9.50 Å². The van der Waals surface area contributed by atoms with Crippen molar-refractivity contribution < 1.29 is 0 Å². The van der Waals surface area contributed by atoms with E-state index in [0.29, 0.717) is 0 Å². The van der Waals surface area contributed by atoms with E-state index in [4.69, 9.17) is 0 Å². The molecule has 2 aromatic heterocycles. The van der Waals surface area contributed by atoms with Crippen LogP contribution in [0.3, 0.4) is 0 Å². The molecule has 0 aliphatic carbocycles. The molecule has 0 N–H and O–H groups in total. The molecule has 0 saturated carbocycles. The van der Waals surface area contributed by atoms with E-state index in [9.17, 15) is 0 Å². The van der Waals surface area contributed by atoms with Crippen LogP contribution in [-0.4, -0.2) is 22.4 Å². The zero-order valence-corrected chi connectivity index (χ0v) is 5.65. The lowest BCUT2D eigenvalue weighted by Gasteiger charge is -1.91. The number of hydrogen-bond donors (Lipinski definition) is 0. The fourth-order valence-electron chi connectivity index (χ4n) is 0.903. The minimum absolute atomic E-state index is 0.894. The highest BCUT2D eigenvalue weighted by Crippen LogP contribution is 1.91. The Kier molecular flexibility index (Phi) is 1.00. The van der Waals surface area contributed by atoms with Crippen molar-refractivity contribution in [2.75, 3.05) is 0 Å². The molecule has 0 bridgehead atoms. The van der Waals surface area contributed by atoms with Gasteiger partial charge < -0.3 is 0 Å². The minimum atomic E-state index is 0.894. The molecule has 2 heterocycles. The van der Waals surface area contributed by atoms with Crippen molar-refractivity contribution >= 4 is 19.0 Å². The topological polar surface area (TPSA) is 30.2 Å². The van der Waals surface area contributed by atoms with E-state index in [1.807, 2.05) is 26.3 Å². The van der Waals surface area contributed by atoms with Crippen molar-refractivity contribution in [3.05, 3.63) is 24.7 Å². The zero-order chi connectivity index (χ0) is 6.97. The van der Waals surface area contributed by atoms with Gasteiger partial charge in [0.05, 0.1) is 6.20 Å². The Bertz CT molecular complexity index is 355. The summed E-state index contributed by atoms with van der Waals surface area (Å²) in [4.78, 5) is 4.14. The maximum absolute atomic E-state index is 4.14. The Balaban J connectivity index is 2.86. The lowest BCUT2D eigenvalue weighted by Crippen LogP contribution is -2.06. The number of nitrogens with zero attached hydrogens (tertiary/aromatic N) is 3.